The number of para-hydroxylation sites is 1. The van der Waals surface area contributed by atoms with Gasteiger partial charge in [-0.05, 0) is 42.2 Å². The summed E-state index contributed by atoms with van der Waals surface area (Å²) in [5, 5.41) is 3.71. The van der Waals surface area contributed by atoms with Crippen molar-refractivity contribution in [3.8, 4) is 0 Å². The molecule has 1 aliphatic carbocycles. The van der Waals surface area contributed by atoms with E-state index in [1.165, 1.54) is 24.1 Å². The van der Waals surface area contributed by atoms with Crippen molar-refractivity contribution in [3.05, 3.63) is 29.8 Å². The van der Waals surface area contributed by atoms with Crippen LogP contribution in [0.15, 0.2) is 24.3 Å². The van der Waals surface area contributed by atoms with Gasteiger partial charge in [0.2, 0.25) is 0 Å². The maximum absolute atomic E-state index is 3.71. The summed E-state index contributed by atoms with van der Waals surface area (Å²) in [7, 11) is 0. The lowest BCUT2D eigenvalue weighted by molar-refractivity contribution is 0.211. The van der Waals surface area contributed by atoms with Crippen molar-refractivity contribution in [1.29, 1.82) is 0 Å². The first kappa shape index (κ1) is 12.5. The van der Waals surface area contributed by atoms with Crippen LogP contribution in [-0.4, -0.2) is 6.04 Å². The summed E-state index contributed by atoms with van der Waals surface area (Å²) < 4.78 is 0. The zero-order chi connectivity index (χ0) is 12.4. The van der Waals surface area contributed by atoms with Gasteiger partial charge in [-0.15, -0.1) is 0 Å². The number of benzene rings is 1. The van der Waals surface area contributed by atoms with Crippen LogP contribution in [0.25, 0.3) is 0 Å². The second-order valence-electron chi connectivity index (χ2n) is 6.06. The number of hydrogen-bond donors (Lipinski definition) is 1. The highest BCUT2D eigenvalue weighted by Gasteiger charge is 2.31. The number of nitrogens with one attached hydrogen (secondary N) is 1. The second-order valence-corrected chi connectivity index (χ2v) is 6.06. The molecule has 0 heterocycles. The molecule has 0 saturated heterocycles. The van der Waals surface area contributed by atoms with Crippen LogP contribution in [0.3, 0.4) is 0 Å². The predicted octanol–water partition coefficient (Wildman–Crippen LogP) is 4.66. The molecule has 1 aromatic rings. The van der Waals surface area contributed by atoms with Gasteiger partial charge in [0.05, 0.1) is 0 Å². The Hall–Kier alpha value is -0.980. The summed E-state index contributed by atoms with van der Waals surface area (Å²) >= 11 is 0. The van der Waals surface area contributed by atoms with Crippen LogP contribution < -0.4 is 5.32 Å². The maximum atomic E-state index is 3.71. The molecule has 1 heteroatoms. The molecule has 1 aliphatic rings. The zero-order valence-electron chi connectivity index (χ0n) is 11.5. The summed E-state index contributed by atoms with van der Waals surface area (Å²) in [6, 6.07) is 9.43. The van der Waals surface area contributed by atoms with Crippen LogP contribution in [0.2, 0.25) is 0 Å². The van der Waals surface area contributed by atoms with Gasteiger partial charge in [0, 0.05) is 11.7 Å². The monoisotopic (exact) mass is 231 g/mol. The molecular formula is C16H25N. The Morgan fingerprint density at radius 3 is 2.29 bits per heavy atom. The van der Waals surface area contributed by atoms with Gasteiger partial charge in [-0.3, -0.25) is 0 Å². The Morgan fingerprint density at radius 1 is 1.06 bits per heavy atom. The fraction of sp³-hybridized carbons (Fsp3) is 0.625. The first-order valence-electron chi connectivity index (χ1n) is 6.93. The fourth-order valence-corrected chi connectivity index (χ4v) is 2.68. The molecule has 94 valence electrons. The highest BCUT2D eigenvalue weighted by atomic mass is 14.9. The molecular weight excluding hydrogens is 206 g/mol. The van der Waals surface area contributed by atoms with E-state index in [1.54, 1.807) is 0 Å². The lowest BCUT2D eigenvalue weighted by Crippen LogP contribution is -2.38. The first-order chi connectivity index (χ1) is 8.08. The third-order valence-corrected chi connectivity index (χ3v) is 4.06. The molecule has 2 rings (SSSR count). The fourth-order valence-electron chi connectivity index (χ4n) is 2.68. The van der Waals surface area contributed by atoms with Crippen LogP contribution in [0.1, 0.15) is 52.0 Å². The minimum Gasteiger partial charge on any atom is -0.382 e. The molecule has 0 aliphatic heterocycles. The van der Waals surface area contributed by atoms with E-state index >= 15 is 0 Å². The Kier molecular flexibility index (Phi) is 3.76. The predicted molar refractivity (Wildman–Crippen MR) is 75.5 cm³/mol. The van der Waals surface area contributed by atoms with E-state index in [4.69, 9.17) is 0 Å². The third kappa shape index (κ3) is 2.83. The van der Waals surface area contributed by atoms with E-state index in [0.29, 0.717) is 12.0 Å². The molecule has 17 heavy (non-hydrogen) atoms. The standard InChI is InChI=1S/C16H25N/c1-11(2)13-9-14(10-13)17-16-8-6-5-7-15(16)12(3)4/h5-8,11-14,17H,9-10H2,1-4H3. The Balaban J connectivity index is 1.96. The van der Waals surface area contributed by atoms with Gasteiger partial charge in [-0.1, -0.05) is 45.9 Å². The minimum atomic E-state index is 0.597. The minimum absolute atomic E-state index is 0.597. The van der Waals surface area contributed by atoms with Gasteiger partial charge in [0.25, 0.3) is 0 Å². The average molecular weight is 231 g/mol. The SMILES string of the molecule is CC(C)c1ccccc1NC1CC(C(C)C)C1. The van der Waals surface area contributed by atoms with Crippen molar-refractivity contribution in [2.24, 2.45) is 11.8 Å². The molecule has 0 amide bonds. The number of anilines is 1. The van der Waals surface area contributed by atoms with Crippen LogP contribution in [0.5, 0.6) is 0 Å². The van der Waals surface area contributed by atoms with Gasteiger partial charge >= 0.3 is 0 Å². The van der Waals surface area contributed by atoms with Crippen LogP contribution >= 0.6 is 0 Å². The summed E-state index contributed by atoms with van der Waals surface area (Å²) in [4.78, 5) is 0. The topological polar surface area (TPSA) is 12.0 Å². The van der Waals surface area contributed by atoms with Crippen molar-refractivity contribution in [3.63, 3.8) is 0 Å². The zero-order valence-corrected chi connectivity index (χ0v) is 11.5. The summed E-state index contributed by atoms with van der Waals surface area (Å²) in [6.45, 7) is 9.20. The lowest BCUT2D eigenvalue weighted by Gasteiger charge is -2.39. The highest BCUT2D eigenvalue weighted by Crippen LogP contribution is 2.36. The molecule has 1 N–H and O–H groups in total. The van der Waals surface area contributed by atoms with Crippen LogP contribution in [0, 0.1) is 11.8 Å². The lowest BCUT2D eigenvalue weighted by atomic mass is 9.73. The van der Waals surface area contributed by atoms with Gasteiger partial charge in [0.15, 0.2) is 0 Å². The maximum Gasteiger partial charge on any atom is 0.0377 e. The normalized spacial score (nSPS) is 23.9. The average Bonchev–Trinajstić information content (AvgIpc) is 2.22. The Labute approximate surface area is 106 Å². The van der Waals surface area contributed by atoms with Crippen LogP contribution in [0.4, 0.5) is 5.69 Å². The molecule has 0 atom stereocenters. The molecule has 1 fully saturated rings. The van der Waals surface area contributed by atoms with E-state index in [0.717, 1.165) is 11.8 Å². The second kappa shape index (κ2) is 5.12. The first-order valence-corrected chi connectivity index (χ1v) is 6.93. The molecule has 1 aromatic carbocycles. The summed E-state index contributed by atoms with van der Waals surface area (Å²) in [5.74, 6) is 2.37. The Bertz CT molecular complexity index is 362. The van der Waals surface area contributed by atoms with Crippen LogP contribution in [-0.2, 0) is 0 Å². The smallest absolute Gasteiger partial charge is 0.0377 e. The number of hydrogen-bond acceptors (Lipinski definition) is 1. The molecule has 0 radical (unpaired) electrons. The van der Waals surface area contributed by atoms with E-state index in [2.05, 4.69) is 57.3 Å². The van der Waals surface area contributed by atoms with Gasteiger partial charge in [0.1, 0.15) is 0 Å². The molecule has 1 saturated carbocycles. The molecule has 0 spiro atoms. The van der Waals surface area contributed by atoms with Crippen molar-refractivity contribution < 1.29 is 0 Å². The van der Waals surface area contributed by atoms with E-state index in [-0.39, 0.29) is 0 Å². The van der Waals surface area contributed by atoms with Crippen molar-refractivity contribution in [2.45, 2.75) is 52.5 Å². The third-order valence-electron chi connectivity index (χ3n) is 4.06. The van der Waals surface area contributed by atoms with Gasteiger partial charge < -0.3 is 5.32 Å². The summed E-state index contributed by atoms with van der Waals surface area (Å²) in [6.07, 6.45) is 2.67. The van der Waals surface area contributed by atoms with Gasteiger partial charge in [-0.2, -0.15) is 0 Å². The quantitative estimate of drug-likeness (QED) is 0.795. The Morgan fingerprint density at radius 2 is 1.71 bits per heavy atom. The van der Waals surface area contributed by atoms with Crippen molar-refractivity contribution in [2.75, 3.05) is 5.32 Å². The molecule has 0 unspecified atom stereocenters. The van der Waals surface area contributed by atoms with E-state index in [9.17, 15) is 0 Å². The summed E-state index contributed by atoms with van der Waals surface area (Å²) in [5.41, 5.74) is 2.79. The van der Waals surface area contributed by atoms with Crippen molar-refractivity contribution >= 4 is 5.69 Å². The molecule has 1 nitrogen and oxygen atoms in total. The van der Waals surface area contributed by atoms with Crippen molar-refractivity contribution in [1.82, 2.24) is 0 Å². The largest absolute Gasteiger partial charge is 0.382 e. The van der Waals surface area contributed by atoms with Gasteiger partial charge in [-0.25, -0.2) is 0 Å². The number of rotatable bonds is 4. The van der Waals surface area contributed by atoms with E-state index in [1.807, 2.05) is 0 Å². The molecule has 0 aromatic heterocycles. The molecule has 0 bridgehead atoms. The van der Waals surface area contributed by atoms with E-state index < -0.39 is 0 Å². The highest BCUT2D eigenvalue weighted by molar-refractivity contribution is 5.53.